The van der Waals surface area contributed by atoms with Gasteiger partial charge in [0.05, 0.1) is 11.4 Å². The lowest BCUT2D eigenvalue weighted by molar-refractivity contribution is -0.119. The highest BCUT2D eigenvalue weighted by molar-refractivity contribution is 6.00. The molecule has 3 rings (SSSR count). The van der Waals surface area contributed by atoms with Crippen LogP contribution < -0.4 is 20.1 Å². The summed E-state index contributed by atoms with van der Waals surface area (Å²) in [5.74, 6) is 0.620. The Morgan fingerprint density at radius 3 is 1.41 bits per heavy atom. The molecule has 0 spiro atoms. The molecule has 0 heterocycles. The highest BCUT2D eigenvalue weighted by Crippen LogP contribution is 2.22. The summed E-state index contributed by atoms with van der Waals surface area (Å²) in [5, 5.41) is 5.56. The Hall–Kier alpha value is -3.80. The van der Waals surface area contributed by atoms with E-state index in [0.717, 1.165) is 22.3 Å². The molecule has 2 N–H and O–H groups in total. The number of benzene rings is 3. The monoisotopic (exact) mass is 432 g/mol. The van der Waals surface area contributed by atoms with Crippen LogP contribution in [0.3, 0.4) is 0 Å². The van der Waals surface area contributed by atoms with Crippen LogP contribution in [0.25, 0.3) is 0 Å². The number of para-hydroxylation sites is 2. The summed E-state index contributed by atoms with van der Waals surface area (Å²) in [7, 11) is 0. The van der Waals surface area contributed by atoms with Crippen molar-refractivity contribution in [2.75, 3.05) is 23.8 Å². The minimum absolute atomic E-state index is 0.138. The van der Waals surface area contributed by atoms with Crippen LogP contribution in [0.5, 0.6) is 11.5 Å². The minimum atomic E-state index is -0.323. The predicted octanol–water partition coefficient (Wildman–Crippen LogP) is 4.96. The van der Waals surface area contributed by atoms with Crippen LogP contribution in [0.15, 0.2) is 60.7 Å². The van der Waals surface area contributed by atoms with Gasteiger partial charge in [-0.3, -0.25) is 9.59 Å². The number of amides is 2. The fourth-order valence-corrected chi connectivity index (χ4v) is 2.98. The lowest BCUT2D eigenvalue weighted by Crippen LogP contribution is -2.23. The molecule has 0 saturated carbocycles. The summed E-state index contributed by atoms with van der Waals surface area (Å²) in [5.41, 5.74) is 5.49. The zero-order valence-corrected chi connectivity index (χ0v) is 18.8. The highest BCUT2D eigenvalue weighted by atomic mass is 16.5. The Balaban J connectivity index is 1.54. The molecule has 166 valence electrons. The molecule has 3 aromatic carbocycles. The summed E-state index contributed by atoms with van der Waals surface area (Å²) in [4.78, 5) is 24.7. The summed E-state index contributed by atoms with van der Waals surface area (Å²) < 4.78 is 11.2. The molecule has 6 nitrogen and oxygen atoms in total. The number of hydrogen-bond donors (Lipinski definition) is 2. The smallest absolute Gasteiger partial charge is 0.262 e. The van der Waals surface area contributed by atoms with E-state index in [0.29, 0.717) is 22.9 Å². The fourth-order valence-electron chi connectivity index (χ4n) is 2.98. The number of ether oxygens (including phenoxy) is 2. The van der Waals surface area contributed by atoms with Crippen molar-refractivity contribution in [2.24, 2.45) is 0 Å². The van der Waals surface area contributed by atoms with Crippen molar-refractivity contribution in [3.63, 3.8) is 0 Å². The first-order valence-electron chi connectivity index (χ1n) is 10.4. The molecule has 32 heavy (non-hydrogen) atoms. The van der Waals surface area contributed by atoms with Gasteiger partial charge in [0.1, 0.15) is 11.5 Å². The Labute approximate surface area is 188 Å². The van der Waals surface area contributed by atoms with Gasteiger partial charge >= 0.3 is 0 Å². The van der Waals surface area contributed by atoms with Gasteiger partial charge in [0.25, 0.3) is 11.8 Å². The number of aryl methyl sites for hydroxylation is 4. The maximum absolute atomic E-state index is 12.4. The molecular weight excluding hydrogens is 404 g/mol. The van der Waals surface area contributed by atoms with Crippen LogP contribution in [0, 0.1) is 27.7 Å². The van der Waals surface area contributed by atoms with Crippen molar-refractivity contribution in [2.45, 2.75) is 27.7 Å². The number of nitrogens with one attached hydrogen (secondary N) is 2. The fraction of sp³-hybridized carbons (Fsp3) is 0.231. The van der Waals surface area contributed by atoms with Crippen molar-refractivity contribution in [1.29, 1.82) is 0 Å². The van der Waals surface area contributed by atoms with Crippen LogP contribution in [0.4, 0.5) is 11.4 Å². The van der Waals surface area contributed by atoms with Crippen molar-refractivity contribution in [3.8, 4) is 11.5 Å². The summed E-state index contributed by atoms with van der Waals surface area (Å²) in [6.07, 6.45) is 0. The van der Waals surface area contributed by atoms with E-state index in [1.165, 1.54) is 0 Å². The van der Waals surface area contributed by atoms with Crippen LogP contribution in [-0.2, 0) is 9.59 Å². The number of rotatable bonds is 8. The van der Waals surface area contributed by atoms with Gasteiger partial charge in [0.15, 0.2) is 13.2 Å². The molecule has 2 amide bonds. The second-order valence-corrected chi connectivity index (χ2v) is 7.71. The molecule has 0 aliphatic carbocycles. The third-order valence-corrected chi connectivity index (χ3v) is 5.17. The van der Waals surface area contributed by atoms with Crippen LogP contribution >= 0.6 is 0 Å². The van der Waals surface area contributed by atoms with Crippen LogP contribution in [-0.4, -0.2) is 25.0 Å². The molecule has 0 aliphatic rings. The van der Waals surface area contributed by atoms with Crippen molar-refractivity contribution in [3.05, 3.63) is 82.9 Å². The maximum atomic E-state index is 12.4. The van der Waals surface area contributed by atoms with E-state index < -0.39 is 0 Å². The van der Waals surface area contributed by atoms with E-state index in [-0.39, 0.29) is 25.0 Å². The number of carbonyl (C=O) groups excluding carboxylic acids is 2. The summed E-state index contributed by atoms with van der Waals surface area (Å²) >= 11 is 0. The molecule has 0 radical (unpaired) electrons. The molecule has 0 fully saturated rings. The summed E-state index contributed by atoms with van der Waals surface area (Å²) in [6, 6.07) is 18.3. The van der Waals surface area contributed by atoms with E-state index in [9.17, 15) is 9.59 Å². The van der Waals surface area contributed by atoms with Gasteiger partial charge < -0.3 is 20.1 Å². The van der Waals surface area contributed by atoms with Gasteiger partial charge in [-0.15, -0.1) is 0 Å². The number of hydrogen-bond acceptors (Lipinski definition) is 4. The average molecular weight is 433 g/mol. The zero-order valence-electron chi connectivity index (χ0n) is 18.8. The molecule has 0 atom stereocenters. The Kier molecular flexibility index (Phi) is 7.49. The quantitative estimate of drug-likeness (QED) is 0.528. The van der Waals surface area contributed by atoms with E-state index in [1.807, 2.05) is 64.1 Å². The molecule has 0 bridgehead atoms. The number of carbonyl (C=O) groups is 2. The van der Waals surface area contributed by atoms with E-state index in [4.69, 9.17) is 9.47 Å². The van der Waals surface area contributed by atoms with Gasteiger partial charge in [0.2, 0.25) is 0 Å². The minimum Gasteiger partial charge on any atom is -0.484 e. The number of anilines is 2. The predicted molar refractivity (Wildman–Crippen MR) is 127 cm³/mol. The Morgan fingerprint density at radius 2 is 1.03 bits per heavy atom. The molecule has 0 aromatic heterocycles. The highest BCUT2D eigenvalue weighted by Gasteiger charge is 2.11. The van der Waals surface area contributed by atoms with Gasteiger partial charge in [-0.2, -0.15) is 0 Å². The van der Waals surface area contributed by atoms with Gasteiger partial charge in [0, 0.05) is 0 Å². The molecule has 0 aliphatic heterocycles. The van der Waals surface area contributed by atoms with E-state index >= 15 is 0 Å². The van der Waals surface area contributed by atoms with E-state index in [2.05, 4.69) is 10.6 Å². The van der Waals surface area contributed by atoms with Crippen LogP contribution in [0.2, 0.25) is 0 Å². The van der Waals surface area contributed by atoms with Crippen LogP contribution in [0.1, 0.15) is 22.3 Å². The van der Waals surface area contributed by atoms with Crippen molar-refractivity contribution in [1.82, 2.24) is 0 Å². The molecule has 6 heteroatoms. The van der Waals surface area contributed by atoms with Crippen molar-refractivity contribution < 1.29 is 19.1 Å². The molecule has 0 saturated heterocycles. The first kappa shape index (κ1) is 22.9. The van der Waals surface area contributed by atoms with E-state index in [1.54, 1.807) is 24.3 Å². The van der Waals surface area contributed by atoms with Gasteiger partial charge in [-0.1, -0.05) is 24.3 Å². The van der Waals surface area contributed by atoms with Crippen molar-refractivity contribution >= 4 is 23.2 Å². The summed E-state index contributed by atoms with van der Waals surface area (Å²) in [6.45, 7) is 7.74. The maximum Gasteiger partial charge on any atom is 0.262 e. The molecule has 0 unspecified atom stereocenters. The lowest BCUT2D eigenvalue weighted by Gasteiger charge is -2.14. The zero-order chi connectivity index (χ0) is 23.1. The lowest BCUT2D eigenvalue weighted by atomic mass is 10.1. The first-order chi connectivity index (χ1) is 15.3. The second-order valence-electron chi connectivity index (χ2n) is 7.71. The standard InChI is InChI=1S/C26H28N2O4/c1-17-9-11-21(13-19(17)3)31-15-25(29)27-23-7-5-6-8-24(23)28-26(30)16-32-22-12-10-18(2)20(4)14-22/h5-14H,15-16H2,1-4H3,(H,27,29)(H,28,30). The molecular formula is C26H28N2O4. The van der Waals surface area contributed by atoms with Gasteiger partial charge in [-0.05, 0) is 86.3 Å². The third kappa shape index (κ3) is 6.35. The SMILES string of the molecule is Cc1ccc(OCC(=O)Nc2ccccc2NC(=O)COc2ccc(C)c(C)c2)cc1C. The largest absolute Gasteiger partial charge is 0.484 e. The van der Waals surface area contributed by atoms with Gasteiger partial charge in [-0.25, -0.2) is 0 Å². The second kappa shape index (κ2) is 10.5. The average Bonchev–Trinajstić information content (AvgIpc) is 2.77. The topological polar surface area (TPSA) is 76.7 Å². The first-order valence-corrected chi connectivity index (χ1v) is 10.4. The third-order valence-electron chi connectivity index (χ3n) is 5.17. The normalized spacial score (nSPS) is 10.4. The molecule has 3 aromatic rings. The Bertz CT molecular complexity index is 1040. The Morgan fingerprint density at radius 1 is 0.625 bits per heavy atom.